The molecule has 0 radical (unpaired) electrons. The van der Waals surface area contributed by atoms with Crippen LogP contribution in [0.1, 0.15) is 6.23 Å². The van der Waals surface area contributed by atoms with E-state index in [9.17, 15) is 19.4 Å². The maximum Gasteiger partial charge on any atom is 0.472 e. The summed E-state index contributed by atoms with van der Waals surface area (Å²) >= 11 is 3.30. The van der Waals surface area contributed by atoms with Crippen LogP contribution in [0.15, 0.2) is 46.1 Å². The van der Waals surface area contributed by atoms with Gasteiger partial charge in [0.2, 0.25) is 5.78 Å². The Kier molecular flexibility index (Phi) is 4.46. The number of rotatable bonds is 2. The molecule has 6 rings (SSSR count). The van der Waals surface area contributed by atoms with E-state index < -0.39 is 37.9 Å². The predicted octanol–water partition coefficient (Wildman–Crippen LogP) is 1.58. The summed E-state index contributed by atoms with van der Waals surface area (Å²) in [5.74, 6) is 0.277. The van der Waals surface area contributed by atoms with E-state index in [-0.39, 0.29) is 28.3 Å². The number of nitrogens with one attached hydrogen (secondary N) is 1. The smallest absolute Gasteiger partial charge is 0.386 e. The van der Waals surface area contributed by atoms with Gasteiger partial charge in [-0.1, -0.05) is 30.3 Å². The predicted molar refractivity (Wildman–Crippen MR) is 113 cm³/mol. The van der Waals surface area contributed by atoms with Crippen molar-refractivity contribution in [3.8, 4) is 11.3 Å². The van der Waals surface area contributed by atoms with Gasteiger partial charge in [0.15, 0.2) is 22.1 Å². The van der Waals surface area contributed by atoms with Crippen molar-refractivity contribution < 1.29 is 28.3 Å². The van der Waals surface area contributed by atoms with E-state index in [4.69, 9.17) is 13.8 Å². The molecule has 5 heterocycles. The number of nitrogens with zero attached hydrogens (tertiary/aromatic N) is 4. The normalized spacial score (nSPS) is 30.2. The molecule has 3 N–H and O–H groups in total. The quantitative estimate of drug-likeness (QED) is 0.262. The number of H-pyrrole nitrogens is 1. The molecule has 32 heavy (non-hydrogen) atoms. The number of aromatic nitrogens is 5. The van der Waals surface area contributed by atoms with Crippen molar-refractivity contribution in [2.75, 3.05) is 6.61 Å². The van der Waals surface area contributed by atoms with Crippen molar-refractivity contribution in [2.24, 2.45) is 0 Å². The van der Waals surface area contributed by atoms with E-state index in [1.807, 2.05) is 30.3 Å². The zero-order valence-corrected chi connectivity index (χ0v) is 18.5. The number of aromatic amines is 1. The molecule has 0 bridgehead atoms. The van der Waals surface area contributed by atoms with Crippen LogP contribution in [0.25, 0.3) is 28.2 Å². The summed E-state index contributed by atoms with van der Waals surface area (Å²) in [6.45, 7) is -0.229. The molecule has 0 aliphatic carbocycles. The fourth-order valence-electron chi connectivity index (χ4n) is 4.04. The number of aliphatic hydroxyl groups excluding tert-OH is 1. The average molecular weight is 524 g/mol. The number of hydrogen-bond donors (Lipinski definition) is 3. The zero-order valence-electron chi connectivity index (χ0n) is 16.0. The molecule has 0 spiro atoms. The summed E-state index contributed by atoms with van der Waals surface area (Å²) in [4.78, 5) is 34.6. The highest BCUT2D eigenvalue weighted by Gasteiger charge is 2.53. The number of ether oxygens (including phenoxy) is 1. The molecule has 0 saturated carbocycles. The molecular weight excluding hydrogens is 509 g/mol. The summed E-state index contributed by atoms with van der Waals surface area (Å²) in [6.07, 6.45) is -2.64. The average Bonchev–Trinajstić information content (AvgIpc) is 3.43. The maximum absolute atomic E-state index is 13.1. The second-order valence-electron chi connectivity index (χ2n) is 7.46. The van der Waals surface area contributed by atoms with Crippen LogP contribution in [0.4, 0.5) is 0 Å². The maximum atomic E-state index is 13.1. The standard InChI is InChI=1S/C18H15BrN5O7P/c19-17-21-11-14(24(17)16-12(25)13-10(30-16)7-29-32(27,28)31-13)22-18-20-9(6-23(18)15(11)26)8-4-2-1-3-5-8/h1-6,10,12-13,16,25H,7H2,(H,20,22)(H,27,28)/t10-,12-,13-,16-/m1/s1. The second kappa shape index (κ2) is 7.06. The molecule has 0 amide bonds. The molecule has 2 fully saturated rings. The zero-order chi connectivity index (χ0) is 22.2. The molecule has 2 aliphatic heterocycles. The van der Waals surface area contributed by atoms with E-state index >= 15 is 0 Å². The molecule has 12 nitrogen and oxygen atoms in total. The van der Waals surface area contributed by atoms with E-state index in [1.54, 1.807) is 6.20 Å². The third kappa shape index (κ3) is 3.01. The van der Waals surface area contributed by atoms with Crippen molar-refractivity contribution in [3.63, 3.8) is 0 Å². The Balaban J connectivity index is 1.48. The summed E-state index contributed by atoms with van der Waals surface area (Å²) in [5, 5.41) is 10.8. The minimum atomic E-state index is -4.27. The molecule has 1 unspecified atom stereocenters. The fourth-order valence-corrected chi connectivity index (χ4v) is 5.55. The highest BCUT2D eigenvalue weighted by Crippen LogP contribution is 2.52. The number of halogens is 1. The Morgan fingerprint density at radius 2 is 2.03 bits per heavy atom. The van der Waals surface area contributed by atoms with E-state index in [0.717, 1.165) is 5.56 Å². The van der Waals surface area contributed by atoms with Gasteiger partial charge in [0.05, 0.1) is 12.3 Å². The third-order valence-electron chi connectivity index (χ3n) is 5.51. The van der Waals surface area contributed by atoms with Crippen molar-refractivity contribution in [1.29, 1.82) is 0 Å². The summed E-state index contributed by atoms with van der Waals surface area (Å²) in [7, 11) is -4.27. The lowest BCUT2D eigenvalue weighted by Gasteiger charge is -2.27. The summed E-state index contributed by atoms with van der Waals surface area (Å²) < 4.78 is 30.3. The molecule has 5 atom stereocenters. The molecule has 3 aromatic heterocycles. The topological polar surface area (TPSA) is 153 Å². The van der Waals surface area contributed by atoms with Crippen molar-refractivity contribution in [1.82, 2.24) is 23.9 Å². The largest absolute Gasteiger partial charge is 0.472 e. The van der Waals surface area contributed by atoms with Gasteiger partial charge >= 0.3 is 7.82 Å². The summed E-state index contributed by atoms with van der Waals surface area (Å²) in [6, 6.07) is 9.46. The van der Waals surface area contributed by atoms with Crippen molar-refractivity contribution >= 4 is 40.7 Å². The fraction of sp³-hybridized carbons (Fsp3) is 0.278. The van der Waals surface area contributed by atoms with Crippen LogP contribution in [0.3, 0.4) is 0 Å². The Morgan fingerprint density at radius 1 is 1.25 bits per heavy atom. The Labute approximate surface area is 187 Å². The molecule has 14 heteroatoms. The Bertz CT molecular complexity index is 1470. The number of imidazole rings is 2. The first kappa shape index (κ1) is 20.2. The number of fused-ring (bicyclic) bond motifs is 3. The van der Waals surface area contributed by atoms with Crippen molar-refractivity contribution in [2.45, 2.75) is 24.5 Å². The molecular formula is C18H15BrN5O7P. The first-order chi connectivity index (χ1) is 15.3. The highest BCUT2D eigenvalue weighted by atomic mass is 79.9. The SMILES string of the molecule is O=c1c2nc(Br)n([C@@H]3O[C@@H]4COP(=O)(O)O[C@H]4[C@H]3O)c2nc2[nH]c(-c3ccccc3)cn12. The van der Waals surface area contributed by atoms with Gasteiger partial charge in [0, 0.05) is 6.20 Å². The van der Waals surface area contributed by atoms with Gasteiger partial charge in [-0.05, 0) is 21.5 Å². The van der Waals surface area contributed by atoms with E-state index in [1.165, 1.54) is 8.97 Å². The Hall–Kier alpha value is -2.38. The Morgan fingerprint density at radius 3 is 2.81 bits per heavy atom. The number of phosphoric acid groups is 1. The lowest BCUT2D eigenvalue weighted by atomic mass is 10.1. The van der Waals surface area contributed by atoms with Crippen LogP contribution in [0.2, 0.25) is 0 Å². The van der Waals surface area contributed by atoms with E-state index in [2.05, 4.69) is 30.9 Å². The van der Waals surface area contributed by atoms with E-state index in [0.29, 0.717) is 5.69 Å². The van der Waals surface area contributed by atoms with Crippen LogP contribution in [0.5, 0.6) is 0 Å². The lowest BCUT2D eigenvalue weighted by molar-refractivity contribution is -0.0669. The minimum Gasteiger partial charge on any atom is -0.386 e. The number of benzene rings is 1. The van der Waals surface area contributed by atoms with Gasteiger partial charge in [-0.15, -0.1) is 0 Å². The number of hydrogen-bond acceptors (Lipinski definition) is 8. The van der Waals surface area contributed by atoms with Gasteiger partial charge in [-0.25, -0.2) is 13.9 Å². The number of phosphoric ester groups is 1. The first-order valence-corrected chi connectivity index (χ1v) is 11.8. The molecule has 1 aromatic carbocycles. The highest BCUT2D eigenvalue weighted by molar-refractivity contribution is 9.10. The van der Waals surface area contributed by atoms with Gasteiger partial charge in [0.1, 0.15) is 18.3 Å². The monoisotopic (exact) mass is 523 g/mol. The van der Waals surface area contributed by atoms with Crippen LogP contribution >= 0.6 is 23.8 Å². The van der Waals surface area contributed by atoms with Crippen LogP contribution in [0, 0.1) is 0 Å². The van der Waals surface area contributed by atoms with Crippen LogP contribution < -0.4 is 5.56 Å². The third-order valence-corrected chi connectivity index (χ3v) is 7.06. The van der Waals surface area contributed by atoms with Crippen molar-refractivity contribution in [3.05, 3.63) is 51.6 Å². The first-order valence-electron chi connectivity index (χ1n) is 9.56. The minimum absolute atomic E-state index is 0.0589. The summed E-state index contributed by atoms with van der Waals surface area (Å²) in [5.41, 5.74) is 1.39. The van der Waals surface area contributed by atoms with Gasteiger partial charge in [-0.2, -0.15) is 4.98 Å². The molecule has 2 aliphatic rings. The van der Waals surface area contributed by atoms with Gasteiger partial charge in [-0.3, -0.25) is 18.4 Å². The molecule has 2 saturated heterocycles. The lowest BCUT2D eigenvalue weighted by Crippen LogP contribution is -2.39. The second-order valence-corrected chi connectivity index (χ2v) is 9.57. The van der Waals surface area contributed by atoms with Gasteiger partial charge < -0.3 is 19.7 Å². The van der Waals surface area contributed by atoms with Gasteiger partial charge in [0.25, 0.3) is 5.56 Å². The molecule has 166 valence electrons. The molecule has 4 aromatic rings. The van der Waals surface area contributed by atoms with Crippen LogP contribution in [-0.4, -0.2) is 58.8 Å². The van der Waals surface area contributed by atoms with Crippen LogP contribution in [-0.2, 0) is 18.3 Å². The number of aliphatic hydroxyl groups is 1.